The van der Waals surface area contributed by atoms with E-state index < -0.39 is 0 Å². The van der Waals surface area contributed by atoms with Crippen LogP contribution < -0.4 is 0 Å². The summed E-state index contributed by atoms with van der Waals surface area (Å²) in [5.74, 6) is 1.23. The molecule has 1 aliphatic heterocycles. The highest BCUT2D eigenvalue weighted by molar-refractivity contribution is 5.88. The Balaban J connectivity index is 1.32. The summed E-state index contributed by atoms with van der Waals surface area (Å²) in [7, 11) is 0. The number of allylic oxidation sites excluding steroid dienone is 4. The lowest BCUT2D eigenvalue weighted by molar-refractivity contribution is 0.107. The summed E-state index contributed by atoms with van der Waals surface area (Å²) >= 11 is 0. The number of phenolic OH excluding ortho intramolecular Hbond substituents is 2. The number of rotatable bonds is 8. The number of piperazine rings is 1. The Bertz CT molecular complexity index is 1150. The molecule has 0 saturated carbocycles. The van der Waals surface area contributed by atoms with Gasteiger partial charge in [-0.2, -0.15) is 0 Å². The predicted octanol–water partition coefficient (Wildman–Crippen LogP) is 5.87. The summed E-state index contributed by atoms with van der Waals surface area (Å²) in [6.45, 7) is 5.11. The standard InChI is InChI=1S/C30H34N2O2/c33-26-15-12-25(13-16-26)30(29-27-11-4-3-10-24(27)14-17-28(29)34)32-21-19-31(20-22-32)18-6-5-9-23-7-1-2-8-23/h1-4,7-8,10-17,23,30,33-34H,5-6,9,18-22H2. The van der Waals surface area contributed by atoms with Gasteiger partial charge >= 0.3 is 0 Å². The van der Waals surface area contributed by atoms with Crippen molar-refractivity contribution in [3.05, 3.63) is 96.1 Å². The molecule has 1 heterocycles. The highest BCUT2D eigenvalue weighted by Crippen LogP contribution is 2.40. The molecule has 1 saturated heterocycles. The molecule has 0 spiro atoms. The van der Waals surface area contributed by atoms with Crippen molar-refractivity contribution in [3.63, 3.8) is 0 Å². The second kappa shape index (κ2) is 10.5. The minimum atomic E-state index is -0.0604. The van der Waals surface area contributed by atoms with Crippen LogP contribution in [0.2, 0.25) is 0 Å². The number of phenols is 2. The summed E-state index contributed by atoms with van der Waals surface area (Å²) < 4.78 is 0. The topological polar surface area (TPSA) is 46.9 Å². The number of nitrogens with zero attached hydrogens (tertiary/aromatic N) is 2. The van der Waals surface area contributed by atoms with Gasteiger partial charge in [0.2, 0.25) is 0 Å². The third kappa shape index (κ3) is 5.03. The lowest BCUT2D eigenvalue weighted by atomic mass is 9.91. The van der Waals surface area contributed by atoms with Crippen LogP contribution in [-0.2, 0) is 0 Å². The van der Waals surface area contributed by atoms with Crippen molar-refractivity contribution in [2.75, 3.05) is 32.7 Å². The van der Waals surface area contributed by atoms with Crippen LogP contribution in [0.15, 0.2) is 85.0 Å². The SMILES string of the molecule is Oc1ccc(C(c2c(O)ccc3ccccc23)N2CCN(CCCCC3C=CC=C3)CC2)cc1. The van der Waals surface area contributed by atoms with E-state index in [1.54, 1.807) is 12.1 Å². The van der Waals surface area contributed by atoms with E-state index in [1.807, 2.05) is 36.4 Å². The maximum absolute atomic E-state index is 11.0. The number of fused-ring (bicyclic) bond motifs is 1. The summed E-state index contributed by atoms with van der Waals surface area (Å²) in [6, 6.07) is 19.5. The van der Waals surface area contributed by atoms with Gasteiger partial charge in [-0.3, -0.25) is 4.90 Å². The molecule has 0 amide bonds. The fourth-order valence-electron chi connectivity index (χ4n) is 5.42. The van der Waals surface area contributed by atoms with Crippen molar-refractivity contribution in [2.45, 2.75) is 25.3 Å². The summed E-state index contributed by atoms with van der Waals surface area (Å²) in [5.41, 5.74) is 2.05. The third-order valence-electron chi connectivity index (χ3n) is 7.29. The van der Waals surface area contributed by atoms with Crippen LogP contribution in [0.4, 0.5) is 0 Å². The Morgan fingerprint density at radius 3 is 2.29 bits per heavy atom. The molecular formula is C30H34N2O2. The van der Waals surface area contributed by atoms with Gasteiger partial charge in [-0.25, -0.2) is 0 Å². The molecule has 1 unspecified atom stereocenters. The average Bonchev–Trinajstić information content (AvgIpc) is 3.39. The highest BCUT2D eigenvalue weighted by atomic mass is 16.3. The number of hydrogen-bond donors (Lipinski definition) is 2. The van der Waals surface area contributed by atoms with Crippen molar-refractivity contribution in [1.82, 2.24) is 9.80 Å². The molecule has 0 radical (unpaired) electrons. The van der Waals surface area contributed by atoms with Crippen LogP contribution in [0.5, 0.6) is 11.5 Å². The Labute approximate surface area is 202 Å². The monoisotopic (exact) mass is 454 g/mol. The van der Waals surface area contributed by atoms with Crippen LogP contribution >= 0.6 is 0 Å². The molecule has 176 valence electrons. The first-order chi connectivity index (χ1) is 16.7. The molecule has 1 aliphatic carbocycles. The summed E-state index contributed by atoms with van der Waals surface area (Å²) in [5, 5.41) is 23.1. The van der Waals surface area contributed by atoms with Gasteiger partial charge < -0.3 is 15.1 Å². The van der Waals surface area contributed by atoms with Gasteiger partial charge in [0.15, 0.2) is 0 Å². The number of hydrogen-bond acceptors (Lipinski definition) is 4. The van der Waals surface area contributed by atoms with Gasteiger partial charge in [0.25, 0.3) is 0 Å². The summed E-state index contributed by atoms with van der Waals surface area (Å²) in [4.78, 5) is 5.06. The van der Waals surface area contributed by atoms with Gasteiger partial charge in [0.05, 0.1) is 6.04 Å². The second-order valence-corrected chi connectivity index (χ2v) is 9.52. The van der Waals surface area contributed by atoms with Crippen molar-refractivity contribution in [2.24, 2.45) is 5.92 Å². The van der Waals surface area contributed by atoms with Crippen molar-refractivity contribution in [1.29, 1.82) is 0 Å². The van der Waals surface area contributed by atoms with Crippen LogP contribution in [0, 0.1) is 5.92 Å². The molecule has 3 aromatic rings. The van der Waals surface area contributed by atoms with Crippen LogP contribution in [0.3, 0.4) is 0 Å². The Kier molecular flexibility index (Phi) is 6.98. The molecule has 1 fully saturated rings. The van der Waals surface area contributed by atoms with Gasteiger partial charge in [-0.05, 0) is 59.8 Å². The maximum Gasteiger partial charge on any atom is 0.121 e. The van der Waals surface area contributed by atoms with Crippen molar-refractivity contribution < 1.29 is 10.2 Å². The fraction of sp³-hybridized carbons (Fsp3) is 0.333. The fourth-order valence-corrected chi connectivity index (χ4v) is 5.42. The van der Waals surface area contributed by atoms with E-state index in [4.69, 9.17) is 0 Å². The van der Waals surface area contributed by atoms with Crippen LogP contribution in [0.25, 0.3) is 10.8 Å². The first-order valence-electron chi connectivity index (χ1n) is 12.5. The van der Waals surface area contributed by atoms with E-state index in [0.717, 1.165) is 54.6 Å². The van der Waals surface area contributed by atoms with E-state index in [2.05, 4.69) is 46.2 Å². The molecule has 2 aliphatic rings. The zero-order valence-corrected chi connectivity index (χ0v) is 19.7. The van der Waals surface area contributed by atoms with E-state index in [0.29, 0.717) is 11.7 Å². The van der Waals surface area contributed by atoms with E-state index in [9.17, 15) is 10.2 Å². The van der Waals surface area contributed by atoms with Gasteiger partial charge in [-0.1, -0.05) is 73.2 Å². The molecule has 4 heteroatoms. The number of aromatic hydroxyl groups is 2. The molecular weight excluding hydrogens is 420 g/mol. The van der Waals surface area contributed by atoms with Gasteiger partial charge in [0, 0.05) is 31.7 Å². The molecule has 5 rings (SSSR count). The first-order valence-corrected chi connectivity index (χ1v) is 12.5. The lowest BCUT2D eigenvalue weighted by Crippen LogP contribution is -2.48. The zero-order valence-electron chi connectivity index (χ0n) is 19.7. The zero-order chi connectivity index (χ0) is 23.3. The van der Waals surface area contributed by atoms with Crippen LogP contribution in [-0.4, -0.2) is 52.7 Å². The average molecular weight is 455 g/mol. The molecule has 34 heavy (non-hydrogen) atoms. The Hall–Kier alpha value is -3.08. The Morgan fingerprint density at radius 1 is 0.794 bits per heavy atom. The normalized spacial score (nSPS) is 18.1. The van der Waals surface area contributed by atoms with Crippen LogP contribution in [0.1, 0.15) is 36.4 Å². The Morgan fingerprint density at radius 2 is 1.53 bits per heavy atom. The third-order valence-corrected chi connectivity index (χ3v) is 7.29. The molecule has 2 N–H and O–H groups in total. The number of benzene rings is 3. The minimum absolute atomic E-state index is 0.0604. The van der Waals surface area contributed by atoms with Gasteiger partial charge in [-0.15, -0.1) is 0 Å². The van der Waals surface area contributed by atoms with Gasteiger partial charge in [0.1, 0.15) is 11.5 Å². The first kappa shape index (κ1) is 22.7. The minimum Gasteiger partial charge on any atom is -0.508 e. The molecule has 4 nitrogen and oxygen atoms in total. The number of unbranched alkanes of at least 4 members (excludes halogenated alkanes) is 1. The van der Waals surface area contributed by atoms with Crippen molar-refractivity contribution in [3.8, 4) is 11.5 Å². The quantitative estimate of drug-likeness (QED) is 0.418. The lowest BCUT2D eigenvalue weighted by Gasteiger charge is -2.40. The summed E-state index contributed by atoms with van der Waals surface area (Å²) in [6.07, 6.45) is 12.7. The van der Waals surface area contributed by atoms with Crippen molar-refractivity contribution >= 4 is 10.8 Å². The van der Waals surface area contributed by atoms with E-state index >= 15 is 0 Å². The smallest absolute Gasteiger partial charge is 0.121 e. The predicted molar refractivity (Wildman–Crippen MR) is 139 cm³/mol. The molecule has 3 aromatic carbocycles. The van der Waals surface area contributed by atoms with E-state index in [-0.39, 0.29) is 11.8 Å². The molecule has 0 aromatic heterocycles. The van der Waals surface area contributed by atoms with E-state index in [1.165, 1.54) is 19.3 Å². The maximum atomic E-state index is 11.0. The second-order valence-electron chi connectivity index (χ2n) is 9.52. The largest absolute Gasteiger partial charge is 0.508 e. The highest BCUT2D eigenvalue weighted by Gasteiger charge is 2.29. The molecule has 1 atom stereocenters. The molecule has 0 bridgehead atoms.